The van der Waals surface area contributed by atoms with Crippen LogP contribution in [0, 0.1) is 0 Å². The highest BCUT2D eigenvalue weighted by Gasteiger charge is 2.17. The van der Waals surface area contributed by atoms with E-state index in [1.807, 2.05) is 42.6 Å². The molecule has 24 heavy (non-hydrogen) atoms. The second-order valence-corrected chi connectivity index (χ2v) is 6.25. The van der Waals surface area contributed by atoms with Gasteiger partial charge in [-0.05, 0) is 40.5 Å². The minimum atomic E-state index is -0.374. The Morgan fingerprint density at radius 1 is 1.21 bits per heavy atom. The molecule has 2 aromatic carbocycles. The van der Waals surface area contributed by atoms with Crippen molar-refractivity contribution in [3.63, 3.8) is 0 Å². The second-order valence-electron chi connectivity index (χ2n) is 5.40. The van der Waals surface area contributed by atoms with Crippen LogP contribution in [0.5, 0.6) is 5.75 Å². The molecule has 0 unspecified atom stereocenters. The predicted molar refractivity (Wildman–Crippen MR) is 97.4 cm³/mol. The molecule has 0 aliphatic carbocycles. The number of fused-ring (bicyclic) bond motifs is 1. The molecule has 0 amide bonds. The van der Waals surface area contributed by atoms with Crippen LogP contribution < -0.4 is 4.74 Å². The van der Waals surface area contributed by atoms with Gasteiger partial charge in [0.1, 0.15) is 12.4 Å². The van der Waals surface area contributed by atoms with E-state index in [1.54, 1.807) is 6.07 Å². The SMILES string of the molecule is CCn1cc(Br)c2c(OCc3ccccc3)cc(C(=O)OC)cc21. The summed E-state index contributed by atoms with van der Waals surface area (Å²) in [6, 6.07) is 13.5. The topological polar surface area (TPSA) is 40.5 Å². The van der Waals surface area contributed by atoms with E-state index in [2.05, 4.69) is 27.4 Å². The summed E-state index contributed by atoms with van der Waals surface area (Å²) in [6.45, 7) is 3.29. The average molecular weight is 388 g/mol. The maximum Gasteiger partial charge on any atom is 0.338 e. The number of benzene rings is 2. The molecule has 0 radical (unpaired) electrons. The standard InChI is InChI=1S/C19H18BrNO3/c1-3-21-11-15(20)18-16(21)9-14(19(22)23-2)10-17(18)24-12-13-7-5-4-6-8-13/h4-11H,3,12H2,1-2H3. The Kier molecular flexibility index (Phi) is 4.90. The molecule has 3 aromatic rings. The van der Waals surface area contributed by atoms with Crippen molar-refractivity contribution in [2.75, 3.05) is 7.11 Å². The Labute approximate surface area is 149 Å². The molecule has 0 aliphatic rings. The third kappa shape index (κ3) is 3.17. The van der Waals surface area contributed by atoms with Crippen LogP contribution in [-0.4, -0.2) is 17.6 Å². The van der Waals surface area contributed by atoms with Crippen molar-refractivity contribution in [3.8, 4) is 5.75 Å². The molecule has 1 heterocycles. The third-order valence-electron chi connectivity index (χ3n) is 3.90. The molecule has 0 N–H and O–H groups in total. The lowest BCUT2D eigenvalue weighted by Crippen LogP contribution is -2.04. The number of carbonyl (C=O) groups excluding carboxylic acids is 1. The van der Waals surface area contributed by atoms with E-state index in [4.69, 9.17) is 9.47 Å². The smallest absolute Gasteiger partial charge is 0.338 e. The normalized spacial score (nSPS) is 10.8. The van der Waals surface area contributed by atoms with Crippen molar-refractivity contribution in [1.29, 1.82) is 0 Å². The maximum atomic E-state index is 12.0. The van der Waals surface area contributed by atoms with Crippen molar-refractivity contribution in [2.45, 2.75) is 20.1 Å². The van der Waals surface area contributed by atoms with Gasteiger partial charge in [-0.25, -0.2) is 4.79 Å². The Morgan fingerprint density at radius 2 is 1.96 bits per heavy atom. The van der Waals surface area contributed by atoms with Gasteiger partial charge in [-0.1, -0.05) is 30.3 Å². The Bertz CT molecular complexity index is 871. The number of halogens is 1. The first kappa shape index (κ1) is 16.6. The minimum absolute atomic E-state index is 0.374. The van der Waals surface area contributed by atoms with E-state index in [0.29, 0.717) is 17.9 Å². The van der Waals surface area contributed by atoms with E-state index < -0.39 is 0 Å². The number of methoxy groups -OCH3 is 1. The monoisotopic (exact) mass is 387 g/mol. The van der Waals surface area contributed by atoms with Crippen LogP contribution in [0.3, 0.4) is 0 Å². The Balaban J connectivity index is 2.06. The second kappa shape index (κ2) is 7.09. The summed E-state index contributed by atoms with van der Waals surface area (Å²) in [5, 5.41) is 0.959. The molecule has 0 aliphatic heterocycles. The maximum absolute atomic E-state index is 12.0. The molecule has 3 rings (SSSR count). The van der Waals surface area contributed by atoms with Crippen LogP contribution in [-0.2, 0) is 17.9 Å². The van der Waals surface area contributed by atoms with Gasteiger partial charge in [0.05, 0.1) is 23.6 Å². The summed E-state index contributed by atoms with van der Waals surface area (Å²) in [4.78, 5) is 12.0. The lowest BCUT2D eigenvalue weighted by atomic mass is 10.1. The van der Waals surface area contributed by atoms with Crippen LogP contribution in [0.25, 0.3) is 10.9 Å². The van der Waals surface area contributed by atoms with Crippen molar-refractivity contribution in [2.24, 2.45) is 0 Å². The highest BCUT2D eigenvalue weighted by atomic mass is 79.9. The molecule has 1 aromatic heterocycles. The van der Waals surface area contributed by atoms with Crippen molar-refractivity contribution in [3.05, 3.63) is 64.3 Å². The first-order chi connectivity index (χ1) is 11.6. The van der Waals surface area contributed by atoms with Gasteiger partial charge >= 0.3 is 5.97 Å². The number of aromatic nitrogens is 1. The summed E-state index contributed by atoms with van der Waals surface area (Å²) in [5.41, 5.74) is 2.49. The fourth-order valence-corrected chi connectivity index (χ4v) is 3.33. The molecule has 0 saturated heterocycles. The van der Waals surface area contributed by atoms with Crippen LogP contribution in [0.2, 0.25) is 0 Å². The highest BCUT2D eigenvalue weighted by molar-refractivity contribution is 9.10. The van der Waals surface area contributed by atoms with Crippen molar-refractivity contribution < 1.29 is 14.3 Å². The van der Waals surface area contributed by atoms with Gasteiger partial charge < -0.3 is 14.0 Å². The zero-order chi connectivity index (χ0) is 17.1. The van der Waals surface area contributed by atoms with Gasteiger partial charge in [0.15, 0.2) is 0 Å². The fourth-order valence-electron chi connectivity index (χ4n) is 2.68. The van der Waals surface area contributed by atoms with Crippen molar-refractivity contribution >= 4 is 32.8 Å². The third-order valence-corrected chi connectivity index (χ3v) is 4.50. The number of hydrogen-bond donors (Lipinski definition) is 0. The van der Waals surface area contributed by atoms with E-state index >= 15 is 0 Å². The average Bonchev–Trinajstić information content (AvgIpc) is 2.96. The lowest BCUT2D eigenvalue weighted by Gasteiger charge is -2.11. The van der Waals surface area contributed by atoms with Gasteiger partial charge in [0.2, 0.25) is 0 Å². The molecular weight excluding hydrogens is 370 g/mol. The van der Waals surface area contributed by atoms with E-state index in [9.17, 15) is 4.79 Å². The number of esters is 1. The fraction of sp³-hybridized carbons (Fsp3) is 0.211. The first-order valence-electron chi connectivity index (χ1n) is 7.71. The summed E-state index contributed by atoms with van der Waals surface area (Å²) >= 11 is 3.60. The van der Waals surface area contributed by atoms with Crippen LogP contribution in [0.4, 0.5) is 0 Å². The quantitative estimate of drug-likeness (QED) is 0.590. The number of rotatable bonds is 5. The van der Waals surface area contributed by atoms with Gasteiger partial charge in [0, 0.05) is 17.2 Å². The molecule has 0 saturated carbocycles. The van der Waals surface area contributed by atoms with Crippen molar-refractivity contribution in [1.82, 2.24) is 4.57 Å². The summed E-state index contributed by atoms with van der Waals surface area (Å²) in [5.74, 6) is 0.289. The summed E-state index contributed by atoms with van der Waals surface area (Å²) in [6.07, 6.45) is 2.00. The number of hydrogen-bond acceptors (Lipinski definition) is 3. The highest BCUT2D eigenvalue weighted by Crippen LogP contribution is 2.36. The molecule has 5 heteroatoms. The molecule has 124 valence electrons. The Hall–Kier alpha value is -2.27. The number of nitrogens with zero attached hydrogens (tertiary/aromatic N) is 1. The molecule has 0 bridgehead atoms. The summed E-state index contributed by atoms with van der Waals surface area (Å²) in [7, 11) is 1.38. The van der Waals surface area contributed by atoms with E-state index in [0.717, 1.165) is 27.5 Å². The van der Waals surface area contributed by atoms with Crippen LogP contribution in [0.15, 0.2) is 53.1 Å². The van der Waals surface area contributed by atoms with E-state index in [-0.39, 0.29) is 5.97 Å². The number of ether oxygens (including phenoxy) is 2. The zero-order valence-electron chi connectivity index (χ0n) is 13.6. The van der Waals surface area contributed by atoms with E-state index in [1.165, 1.54) is 7.11 Å². The lowest BCUT2D eigenvalue weighted by molar-refractivity contribution is 0.0600. The Morgan fingerprint density at radius 3 is 2.62 bits per heavy atom. The largest absolute Gasteiger partial charge is 0.488 e. The molecule has 4 nitrogen and oxygen atoms in total. The van der Waals surface area contributed by atoms with Gasteiger partial charge in [-0.2, -0.15) is 0 Å². The zero-order valence-corrected chi connectivity index (χ0v) is 15.2. The number of aryl methyl sites for hydroxylation is 1. The van der Waals surface area contributed by atoms with Gasteiger partial charge in [-0.3, -0.25) is 0 Å². The minimum Gasteiger partial charge on any atom is -0.488 e. The molecule has 0 fully saturated rings. The van der Waals surface area contributed by atoms with Gasteiger partial charge in [0.25, 0.3) is 0 Å². The van der Waals surface area contributed by atoms with Crippen LogP contribution >= 0.6 is 15.9 Å². The summed E-state index contributed by atoms with van der Waals surface area (Å²) < 4.78 is 13.9. The molecule has 0 spiro atoms. The number of carbonyl (C=O) groups is 1. The first-order valence-corrected chi connectivity index (χ1v) is 8.50. The van der Waals surface area contributed by atoms with Crippen LogP contribution in [0.1, 0.15) is 22.8 Å². The van der Waals surface area contributed by atoms with Gasteiger partial charge in [-0.15, -0.1) is 0 Å². The molecule has 0 atom stereocenters. The molecular formula is C19H18BrNO3. The predicted octanol–water partition coefficient (Wildman–Crippen LogP) is 4.79.